The summed E-state index contributed by atoms with van der Waals surface area (Å²) in [7, 11) is 0. The standard InChI is InChI=1S/C16H33N3/c1-4-8-17-14(2)12-15(3)19-11-10-18-9-6-5-7-16(18)13-19/h14-17H,4-13H2,1-3H3. The molecule has 1 N–H and O–H groups in total. The van der Waals surface area contributed by atoms with Crippen LogP contribution in [-0.4, -0.2) is 60.6 Å². The molecule has 2 aliphatic rings. The molecule has 0 bridgehead atoms. The van der Waals surface area contributed by atoms with Crippen LogP contribution in [0.4, 0.5) is 0 Å². The number of piperazine rings is 1. The van der Waals surface area contributed by atoms with E-state index in [4.69, 9.17) is 0 Å². The van der Waals surface area contributed by atoms with Gasteiger partial charge in [-0.25, -0.2) is 0 Å². The van der Waals surface area contributed by atoms with Gasteiger partial charge in [0.15, 0.2) is 0 Å². The maximum Gasteiger partial charge on any atom is 0.0223 e. The third kappa shape index (κ3) is 4.44. The highest BCUT2D eigenvalue weighted by Crippen LogP contribution is 2.23. The van der Waals surface area contributed by atoms with Crippen LogP contribution in [0.3, 0.4) is 0 Å². The smallest absolute Gasteiger partial charge is 0.0223 e. The van der Waals surface area contributed by atoms with Crippen molar-refractivity contribution in [2.45, 2.75) is 71.0 Å². The van der Waals surface area contributed by atoms with E-state index in [1.54, 1.807) is 0 Å². The van der Waals surface area contributed by atoms with Gasteiger partial charge < -0.3 is 5.32 Å². The van der Waals surface area contributed by atoms with Crippen molar-refractivity contribution in [2.24, 2.45) is 0 Å². The van der Waals surface area contributed by atoms with Crippen LogP contribution in [0.5, 0.6) is 0 Å². The minimum absolute atomic E-state index is 0.652. The van der Waals surface area contributed by atoms with Gasteiger partial charge in [0.2, 0.25) is 0 Å². The number of hydrogen-bond acceptors (Lipinski definition) is 3. The third-order valence-corrected chi connectivity index (χ3v) is 4.93. The summed E-state index contributed by atoms with van der Waals surface area (Å²) in [4.78, 5) is 5.46. The molecule has 2 heterocycles. The molecule has 112 valence electrons. The molecule has 2 fully saturated rings. The van der Waals surface area contributed by atoms with Crippen molar-refractivity contribution in [1.29, 1.82) is 0 Å². The van der Waals surface area contributed by atoms with Crippen molar-refractivity contribution in [3.8, 4) is 0 Å². The van der Waals surface area contributed by atoms with E-state index in [0.717, 1.165) is 18.6 Å². The molecule has 0 amide bonds. The first-order valence-corrected chi connectivity index (χ1v) is 8.42. The van der Waals surface area contributed by atoms with E-state index < -0.39 is 0 Å². The van der Waals surface area contributed by atoms with Crippen molar-refractivity contribution in [2.75, 3.05) is 32.7 Å². The lowest BCUT2D eigenvalue weighted by molar-refractivity contribution is 0.0276. The van der Waals surface area contributed by atoms with E-state index in [1.165, 1.54) is 58.3 Å². The van der Waals surface area contributed by atoms with E-state index in [9.17, 15) is 0 Å². The number of fused-ring (bicyclic) bond motifs is 1. The fraction of sp³-hybridized carbons (Fsp3) is 1.00. The van der Waals surface area contributed by atoms with E-state index in [2.05, 4.69) is 35.9 Å². The van der Waals surface area contributed by atoms with Crippen molar-refractivity contribution in [3.05, 3.63) is 0 Å². The summed E-state index contributed by atoms with van der Waals surface area (Å²) in [5, 5.41) is 3.62. The minimum atomic E-state index is 0.652. The average Bonchev–Trinajstić information content (AvgIpc) is 2.44. The molecular weight excluding hydrogens is 234 g/mol. The Bertz CT molecular complexity index is 256. The van der Waals surface area contributed by atoms with Gasteiger partial charge in [-0.3, -0.25) is 9.80 Å². The molecule has 0 aliphatic carbocycles. The fourth-order valence-electron chi connectivity index (χ4n) is 3.72. The second-order valence-corrected chi connectivity index (χ2v) is 6.62. The first-order chi connectivity index (χ1) is 9.20. The van der Waals surface area contributed by atoms with Gasteiger partial charge in [0.05, 0.1) is 0 Å². The lowest BCUT2D eigenvalue weighted by atomic mass is 9.97. The summed E-state index contributed by atoms with van der Waals surface area (Å²) >= 11 is 0. The highest BCUT2D eigenvalue weighted by Gasteiger charge is 2.30. The lowest BCUT2D eigenvalue weighted by Gasteiger charge is -2.46. The number of hydrogen-bond donors (Lipinski definition) is 1. The highest BCUT2D eigenvalue weighted by molar-refractivity contribution is 4.87. The molecular formula is C16H33N3. The molecule has 0 spiro atoms. The Balaban J connectivity index is 1.75. The van der Waals surface area contributed by atoms with E-state index in [-0.39, 0.29) is 0 Å². The highest BCUT2D eigenvalue weighted by atomic mass is 15.3. The second-order valence-electron chi connectivity index (χ2n) is 6.62. The van der Waals surface area contributed by atoms with Gasteiger partial charge in [0, 0.05) is 37.8 Å². The van der Waals surface area contributed by atoms with E-state index >= 15 is 0 Å². The number of nitrogens with zero attached hydrogens (tertiary/aromatic N) is 2. The van der Waals surface area contributed by atoms with E-state index in [0.29, 0.717) is 6.04 Å². The van der Waals surface area contributed by atoms with Crippen LogP contribution in [0.1, 0.15) is 52.9 Å². The Kier molecular flexibility index (Phi) is 6.11. The zero-order valence-corrected chi connectivity index (χ0v) is 13.2. The van der Waals surface area contributed by atoms with E-state index in [1.807, 2.05) is 0 Å². The van der Waals surface area contributed by atoms with Gasteiger partial charge >= 0.3 is 0 Å². The van der Waals surface area contributed by atoms with Crippen molar-refractivity contribution in [3.63, 3.8) is 0 Å². The van der Waals surface area contributed by atoms with Gasteiger partial charge in [-0.2, -0.15) is 0 Å². The normalized spacial score (nSPS) is 28.9. The van der Waals surface area contributed by atoms with Crippen LogP contribution in [0.25, 0.3) is 0 Å². The second kappa shape index (κ2) is 7.61. The molecule has 19 heavy (non-hydrogen) atoms. The molecule has 3 heteroatoms. The van der Waals surface area contributed by atoms with Crippen LogP contribution in [-0.2, 0) is 0 Å². The molecule has 3 atom stereocenters. The Morgan fingerprint density at radius 3 is 2.79 bits per heavy atom. The zero-order chi connectivity index (χ0) is 13.7. The Hall–Kier alpha value is -0.120. The maximum atomic E-state index is 3.62. The summed E-state index contributed by atoms with van der Waals surface area (Å²) in [6, 6.07) is 2.23. The number of nitrogens with one attached hydrogen (secondary N) is 1. The summed E-state index contributed by atoms with van der Waals surface area (Å²) in [6.45, 7) is 13.4. The molecule has 0 aromatic heterocycles. The van der Waals surface area contributed by atoms with Gasteiger partial charge in [-0.15, -0.1) is 0 Å². The lowest BCUT2D eigenvalue weighted by Crippen LogP contribution is -2.57. The fourth-order valence-corrected chi connectivity index (χ4v) is 3.72. The quantitative estimate of drug-likeness (QED) is 0.797. The Morgan fingerprint density at radius 2 is 2.00 bits per heavy atom. The third-order valence-electron chi connectivity index (χ3n) is 4.93. The maximum absolute atomic E-state index is 3.62. The van der Waals surface area contributed by atoms with Crippen LogP contribution in [0, 0.1) is 0 Å². The number of rotatable bonds is 6. The van der Waals surface area contributed by atoms with Crippen LogP contribution in [0.15, 0.2) is 0 Å². The molecule has 0 aromatic carbocycles. The van der Waals surface area contributed by atoms with Crippen molar-refractivity contribution >= 4 is 0 Å². The predicted octanol–water partition coefficient (Wildman–Crippen LogP) is 2.32. The van der Waals surface area contributed by atoms with Gasteiger partial charge in [-0.1, -0.05) is 13.3 Å². The monoisotopic (exact) mass is 267 g/mol. The molecule has 2 aliphatic heterocycles. The summed E-state index contributed by atoms with van der Waals surface area (Å²) in [5.41, 5.74) is 0. The minimum Gasteiger partial charge on any atom is -0.314 e. The molecule has 0 radical (unpaired) electrons. The molecule has 2 rings (SSSR count). The van der Waals surface area contributed by atoms with Gasteiger partial charge in [0.25, 0.3) is 0 Å². The topological polar surface area (TPSA) is 18.5 Å². The average molecular weight is 267 g/mol. The molecule has 0 saturated carbocycles. The Labute approximate surface area is 119 Å². The molecule has 3 unspecified atom stereocenters. The zero-order valence-electron chi connectivity index (χ0n) is 13.2. The number of piperidine rings is 1. The van der Waals surface area contributed by atoms with Crippen LogP contribution in [0.2, 0.25) is 0 Å². The van der Waals surface area contributed by atoms with Crippen molar-refractivity contribution in [1.82, 2.24) is 15.1 Å². The van der Waals surface area contributed by atoms with Crippen LogP contribution < -0.4 is 5.32 Å². The Morgan fingerprint density at radius 1 is 1.16 bits per heavy atom. The van der Waals surface area contributed by atoms with Gasteiger partial charge in [-0.05, 0) is 52.6 Å². The summed E-state index contributed by atoms with van der Waals surface area (Å²) in [5.74, 6) is 0. The first-order valence-electron chi connectivity index (χ1n) is 8.42. The SMILES string of the molecule is CCCNC(C)CC(C)N1CCN2CCCCC2C1. The molecule has 3 nitrogen and oxygen atoms in total. The van der Waals surface area contributed by atoms with Crippen molar-refractivity contribution < 1.29 is 0 Å². The van der Waals surface area contributed by atoms with Gasteiger partial charge in [0.1, 0.15) is 0 Å². The predicted molar refractivity (Wildman–Crippen MR) is 82.6 cm³/mol. The molecule has 0 aromatic rings. The first kappa shape index (κ1) is 15.3. The summed E-state index contributed by atoms with van der Waals surface area (Å²) in [6.07, 6.45) is 6.81. The summed E-state index contributed by atoms with van der Waals surface area (Å²) < 4.78 is 0. The van der Waals surface area contributed by atoms with Crippen LogP contribution >= 0.6 is 0 Å². The molecule has 2 saturated heterocycles. The largest absolute Gasteiger partial charge is 0.314 e.